The van der Waals surface area contributed by atoms with E-state index >= 15 is 0 Å². The molecule has 1 heterocycles. The SMILES string of the molecule is O=CN1CCN(S(=O)(=O)c2cccc(C(=O)Nc3ccccc3)c2)CC1. The van der Waals surface area contributed by atoms with Gasteiger partial charge in [-0.1, -0.05) is 24.3 Å². The summed E-state index contributed by atoms with van der Waals surface area (Å²) in [5.41, 5.74) is 0.900. The van der Waals surface area contributed by atoms with E-state index in [1.165, 1.54) is 21.3 Å². The van der Waals surface area contributed by atoms with Crippen LogP contribution in [0, 0.1) is 0 Å². The van der Waals surface area contributed by atoms with E-state index in [1.807, 2.05) is 6.07 Å². The van der Waals surface area contributed by atoms with Crippen molar-refractivity contribution in [3.63, 3.8) is 0 Å². The predicted molar refractivity (Wildman–Crippen MR) is 97.2 cm³/mol. The molecule has 0 saturated carbocycles. The summed E-state index contributed by atoms with van der Waals surface area (Å²) in [5, 5.41) is 2.74. The Balaban J connectivity index is 1.78. The first-order valence-corrected chi connectivity index (χ1v) is 9.61. The molecule has 1 fully saturated rings. The molecule has 1 aliphatic heterocycles. The summed E-state index contributed by atoms with van der Waals surface area (Å²) in [6.07, 6.45) is 0.721. The minimum Gasteiger partial charge on any atom is -0.343 e. The summed E-state index contributed by atoms with van der Waals surface area (Å²) in [6, 6.07) is 14.9. The lowest BCUT2D eigenvalue weighted by atomic mass is 10.2. The molecule has 0 atom stereocenters. The van der Waals surface area contributed by atoms with Gasteiger partial charge in [-0.2, -0.15) is 4.31 Å². The molecule has 0 unspecified atom stereocenters. The summed E-state index contributed by atoms with van der Waals surface area (Å²) in [7, 11) is -3.71. The predicted octanol–water partition coefficient (Wildman–Crippen LogP) is 1.40. The number of anilines is 1. The normalized spacial score (nSPS) is 15.5. The average Bonchev–Trinajstić information content (AvgIpc) is 2.69. The summed E-state index contributed by atoms with van der Waals surface area (Å²) < 4.78 is 26.9. The Morgan fingerprint density at radius 1 is 0.962 bits per heavy atom. The van der Waals surface area contributed by atoms with E-state index in [0.29, 0.717) is 18.8 Å². The highest BCUT2D eigenvalue weighted by atomic mass is 32.2. The van der Waals surface area contributed by atoms with Crippen LogP contribution in [-0.4, -0.2) is 56.1 Å². The number of rotatable bonds is 5. The molecular formula is C18H19N3O4S. The van der Waals surface area contributed by atoms with Gasteiger partial charge >= 0.3 is 0 Å². The van der Waals surface area contributed by atoms with Crippen LogP contribution in [0.4, 0.5) is 5.69 Å². The Hall–Kier alpha value is -2.71. The van der Waals surface area contributed by atoms with Crippen molar-refractivity contribution in [3.8, 4) is 0 Å². The summed E-state index contributed by atoms with van der Waals surface area (Å²) in [4.78, 5) is 24.8. The third kappa shape index (κ3) is 3.92. The van der Waals surface area contributed by atoms with Crippen LogP contribution in [0.25, 0.3) is 0 Å². The first kappa shape index (κ1) is 18.1. The van der Waals surface area contributed by atoms with Crippen molar-refractivity contribution >= 4 is 28.0 Å². The van der Waals surface area contributed by atoms with Gasteiger partial charge in [-0.05, 0) is 30.3 Å². The zero-order valence-electron chi connectivity index (χ0n) is 14.0. The lowest BCUT2D eigenvalue weighted by Gasteiger charge is -2.31. The maximum atomic E-state index is 12.8. The zero-order chi connectivity index (χ0) is 18.6. The van der Waals surface area contributed by atoms with Crippen molar-refractivity contribution in [2.45, 2.75) is 4.90 Å². The second-order valence-electron chi connectivity index (χ2n) is 5.89. The minimum atomic E-state index is -3.71. The number of carbonyl (C=O) groups excluding carboxylic acids is 2. The molecular weight excluding hydrogens is 354 g/mol. The van der Waals surface area contributed by atoms with Gasteiger partial charge < -0.3 is 10.2 Å². The molecule has 0 radical (unpaired) electrons. The Morgan fingerprint density at radius 3 is 2.31 bits per heavy atom. The molecule has 2 aromatic carbocycles. The molecule has 0 aliphatic carbocycles. The molecule has 0 spiro atoms. The standard InChI is InChI=1S/C18H19N3O4S/c22-14-20-9-11-21(12-10-20)26(24,25)17-8-4-5-15(13-17)18(23)19-16-6-2-1-3-7-16/h1-8,13-14H,9-12H2,(H,19,23). The number of amides is 2. The van der Waals surface area contributed by atoms with Crippen LogP contribution in [-0.2, 0) is 14.8 Å². The van der Waals surface area contributed by atoms with E-state index in [9.17, 15) is 18.0 Å². The fraction of sp³-hybridized carbons (Fsp3) is 0.222. The molecule has 3 rings (SSSR count). The fourth-order valence-electron chi connectivity index (χ4n) is 2.72. The van der Waals surface area contributed by atoms with E-state index in [2.05, 4.69) is 5.32 Å². The van der Waals surface area contributed by atoms with E-state index in [-0.39, 0.29) is 29.5 Å². The molecule has 136 valence electrons. The van der Waals surface area contributed by atoms with Crippen LogP contribution >= 0.6 is 0 Å². The van der Waals surface area contributed by atoms with Gasteiger partial charge in [0.15, 0.2) is 0 Å². The van der Waals surface area contributed by atoms with Crippen molar-refractivity contribution in [2.24, 2.45) is 0 Å². The van der Waals surface area contributed by atoms with Gasteiger partial charge in [0.05, 0.1) is 4.90 Å². The van der Waals surface area contributed by atoms with E-state index in [0.717, 1.165) is 6.41 Å². The van der Waals surface area contributed by atoms with Gasteiger partial charge in [-0.25, -0.2) is 8.42 Å². The molecule has 1 saturated heterocycles. The lowest BCUT2D eigenvalue weighted by Crippen LogP contribution is -2.47. The Morgan fingerprint density at radius 2 is 1.65 bits per heavy atom. The number of hydrogen-bond donors (Lipinski definition) is 1. The number of nitrogens with one attached hydrogen (secondary N) is 1. The van der Waals surface area contributed by atoms with Crippen molar-refractivity contribution < 1.29 is 18.0 Å². The molecule has 7 nitrogen and oxygen atoms in total. The Bertz CT molecular complexity index is 892. The van der Waals surface area contributed by atoms with Crippen LogP contribution in [0.15, 0.2) is 59.5 Å². The van der Waals surface area contributed by atoms with Gasteiger partial charge in [0.2, 0.25) is 16.4 Å². The summed E-state index contributed by atoms with van der Waals surface area (Å²) in [5.74, 6) is -0.376. The number of carbonyl (C=O) groups is 2. The zero-order valence-corrected chi connectivity index (χ0v) is 14.9. The molecule has 1 aliphatic rings. The molecule has 26 heavy (non-hydrogen) atoms. The van der Waals surface area contributed by atoms with Gasteiger partial charge in [0, 0.05) is 37.4 Å². The van der Waals surface area contributed by atoms with E-state index in [4.69, 9.17) is 0 Å². The van der Waals surface area contributed by atoms with Gasteiger partial charge in [0.25, 0.3) is 5.91 Å². The number of nitrogens with zero attached hydrogens (tertiary/aromatic N) is 2. The van der Waals surface area contributed by atoms with Crippen LogP contribution < -0.4 is 5.32 Å². The topological polar surface area (TPSA) is 86.8 Å². The second-order valence-corrected chi connectivity index (χ2v) is 7.83. The van der Waals surface area contributed by atoms with Crippen molar-refractivity contribution in [2.75, 3.05) is 31.5 Å². The molecule has 2 amide bonds. The smallest absolute Gasteiger partial charge is 0.255 e. The van der Waals surface area contributed by atoms with Gasteiger partial charge in [-0.3, -0.25) is 9.59 Å². The highest BCUT2D eigenvalue weighted by Gasteiger charge is 2.28. The monoisotopic (exact) mass is 373 g/mol. The van der Waals surface area contributed by atoms with E-state index < -0.39 is 10.0 Å². The molecule has 1 N–H and O–H groups in total. The number of benzene rings is 2. The molecule has 0 bridgehead atoms. The summed E-state index contributed by atoms with van der Waals surface area (Å²) >= 11 is 0. The van der Waals surface area contributed by atoms with Crippen LogP contribution in [0.1, 0.15) is 10.4 Å². The Labute approximate surface area is 152 Å². The maximum absolute atomic E-state index is 12.8. The number of sulfonamides is 1. The van der Waals surface area contributed by atoms with Crippen molar-refractivity contribution in [1.29, 1.82) is 0 Å². The quantitative estimate of drug-likeness (QED) is 0.803. The number of piperazine rings is 1. The molecule has 8 heteroatoms. The van der Waals surface area contributed by atoms with Crippen LogP contribution in [0.2, 0.25) is 0 Å². The third-order valence-electron chi connectivity index (χ3n) is 4.19. The van der Waals surface area contributed by atoms with Gasteiger partial charge in [-0.15, -0.1) is 0 Å². The molecule has 0 aromatic heterocycles. The maximum Gasteiger partial charge on any atom is 0.255 e. The first-order chi connectivity index (χ1) is 12.5. The first-order valence-electron chi connectivity index (χ1n) is 8.17. The van der Waals surface area contributed by atoms with Gasteiger partial charge in [0.1, 0.15) is 0 Å². The second kappa shape index (κ2) is 7.67. The average molecular weight is 373 g/mol. The fourth-order valence-corrected chi connectivity index (χ4v) is 4.19. The molecule has 2 aromatic rings. The minimum absolute atomic E-state index is 0.0674. The van der Waals surface area contributed by atoms with Crippen LogP contribution in [0.3, 0.4) is 0 Å². The van der Waals surface area contributed by atoms with E-state index in [1.54, 1.807) is 36.4 Å². The highest BCUT2D eigenvalue weighted by molar-refractivity contribution is 7.89. The van der Waals surface area contributed by atoms with Crippen molar-refractivity contribution in [1.82, 2.24) is 9.21 Å². The third-order valence-corrected chi connectivity index (χ3v) is 6.08. The summed E-state index contributed by atoms with van der Waals surface area (Å²) in [6.45, 7) is 1.19. The van der Waals surface area contributed by atoms with Crippen molar-refractivity contribution in [3.05, 3.63) is 60.2 Å². The lowest BCUT2D eigenvalue weighted by molar-refractivity contribution is -0.119. The highest BCUT2D eigenvalue weighted by Crippen LogP contribution is 2.19. The number of hydrogen-bond acceptors (Lipinski definition) is 4. The number of para-hydroxylation sites is 1. The Kier molecular flexibility index (Phi) is 5.34. The van der Waals surface area contributed by atoms with Crippen LogP contribution in [0.5, 0.6) is 0 Å². The largest absolute Gasteiger partial charge is 0.343 e.